The van der Waals surface area contributed by atoms with Crippen molar-refractivity contribution in [1.82, 2.24) is 20.3 Å². The summed E-state index contributed by atoms with van der Waals surface area (Å²) in [5.74, 6) is -0.411. The number of nitrogens with two attached hydrogens (primary N) is 2. The fraction of sp³-hybridized carbons (Fsp3) is 0.292. The van der Waals surface area contributed by atoms with Crippen LogP contribution in [-0.2, 0) is 16.1 Å². The van der Waals surface area contributed by atoms with Crippen LogP contribution in [-0.4, -0.2) is 51.6 Å². The summed E-state index contributed by atoms with van der Waals surface area (Å²) in [4.78, 5) is 29.5. The normalized spacial score (nSPS) is 16.7. The summed E-state index contributed by atoms with van der Waals surface area (Å²) in [6, 6.07) is 9.31. The predicted molar refractivity (Wildman–Crippen MR) is 129 cm³/mol. The zero-order chi connectivity index (χ0) is 25.8. The Kier molecular flexibility index (Phi) is 7.25. The average molecular weight is 496 g/mol. The van der Waals surface area contributed by atoms with Gasteiger partial charge in [-0.25, -0.2) is 19.3 Å². The lowest BCUT2D eigenvalue weighted by Crippen LogP contribution is -2.38. The van der Waals surface area contributed by atoms with Crippen molar-refractivity contribution >= 4 is 17.7 Å². The number of carbonyl (C=O) groups is 1. The number of aromatic nitrogens is 3. The molecule has 3 aromatic rings. The Bertz CT molecular complexity index is 1320. The fourth-order valence-electron chi connectivity index (χ4n) is 4.00. The number of anilines is 1. The number of amidine groups is 1. The fourth-order valence-corrected chi connectivity index (χ4v) is 4.00. The number of hydrogen-bond acceptors (Lipinski definition) is 9. The molecule has 0 saturated carbocycles. The highest BCUT2D eigenvalue weighted by Gasteiger charge is 2.30. The van der Waals surface area contributed by atoms with Crippen molar-refractivity contribution in [3.63, 3.8) is 0 Å². The van der Waals surface area contributed by atoms with E-state index in [1.165, 1.54) is 19.2 Å². The van der Waals surface area contributed by atoms with Crippen molar-refractivity contribution < 1.29 is 23.9 Å². The minimum Gasteiger partial charge on any atom is -0.481 e. The van der Waals surface area contributed by atoms with Crippen molar-refractivity contribution in [3.8, 4) is 17.1 Å². The number of fused-ring (bicyclic) bond motifs is 1. The molecule has 0 bridgehead atoms. The van der Waals surface area contributed by atoms with Crippen LogP contribution in [0.5, 0.6) is 5.88 Å². The van der Waals surface area contributed by atoms with E-state index in [4.69, 9.17) is 21.0 Å². The Hall–Kier alpha value is -4.32. The van der Waals surface area contributed by atoms with E-state index < -0.39 is 23.9 Å². The molecule has 0 saturated heterocycles. The molecule has 36 heavy (non-hydrogen) atoms. The van der Waals surface area contributed by atoms with Crippen LogP contribution in [0.25, 0.3) is 11.3 Å². The highest BCUT2D eigenvalue weighted by Crippen LogP contribution is 2.34. The topological polar surface area (TPSA) is 171 Å². The maximum atomic E-state index is 14.3. The Morgan fingerprint density at radius 3 is 2.86 bits per heavy atom. The number of halogens is 1. The van der Waals surface area contributed by atoms with E-state index >= 15 is 0 Å². The summed E-state index contributed by atoms with van der Waals surface area (Å²) >= 11 is 0. The van der Waals surface area contributed by atoms with Gasteiger partial charge < -0.3 is 31.5 Å². The third-order valence-electron chi connectivity index (χ3n) is 5.69. The van der Waals surface area contributed by atoms with Crippen LogP contribution in [0.1, 0.15) is 35.0 Å². The second-order valence-corrected chi connectivity index (χ2v) is 8.17. The van der Waals surface area contributed by atoms with E-state index in [-0.39, 0.29) is 19.0 Å². The van der Waals surface area contributed by atoms with Crippen LogP contribution in [0.2, 0.25) is 0 Å². The van der Waals surface area contributed by atoms with Crippen LogP contribution in [0, 0.1) is 12.7 Å². The molecule has 11 nitrogen and oxygen atoms in total. The Balaban J connectivity index is 1.72. The van der Waals surface area contributed by atoms with Crippen molar-refractivity contribution in [1.29, 1.82) is 0 Å². The van der Waals surface area contributed by atoms with Crippen LogP contribution in [0.15, 0.2) is 41.6 Å². The highest BCUT2D eigenvalue weighted by molar-refractivity contribution is 6.01. The van der Waals surface area contributed by atoms with E-state index in [1.54, 1.807) is 31.2 Å². The summed E-state index contributed by atoms with van der Waals surface area (Å²) in [5, 5.41) is 17.1. The van der Waals surface area contributed by atoms with E-state index in [0.29, 0.717) is 46.3 Å². The molecule has 1 amide bonds. The quantitative estimate of drug-likeness (QED) is 0.266. The number of ether oxygens (including phenoxy) is 1. The first-order valence-corrected chi connectivity index (χ1v) is 11.1. The number of pyridine rings is 1. The van der Waals surface area contributed by atoms with Gasteiger partial charge in [-0.05, 0) is 30.7 Å². The van der Waals surface area contributed by atoms with Crippen molar-refractivity contribution in [2.75, 3.05) is 19.5 Å². The number of hydrogen-bond donors (Lipinski definition) is 4. The number of methoxy groups -OCH3 is 1. The Morgan fingerprint density at radius 2 is 2.11 bits per heavy atom. The second-order valence-electron chi connectivity index (χ2n) is 8.17. The molecule has 3 heterocycles. The van der Waals surface area contributed by atoms with Crippen molar-refractivity contribution in [2.45, 2.75) is 31.9 Å². The molecule has 188 valence electrons. The summed E-state index contributed by atoms with van der Waals surface area (Å²) in [5.41, 5.74) is 14.7. The van der Waals surface area contributed by atoms with E-state index in [2.05, 4.69) is 25.4 Å². The van der Waals surface area contributed by atoms with Gasteiger partial charge in [0.05, 0.1) is 35.8 Å². The minimum atomic E-state index is -1.34. The van der Waals surface area contributed by atoms with Gasteiger partial charge in [0.2, 0.25) is 17.7 Å². The maximum Gasteiger partial charge on any atom is 0.246 e. The molecule has 1 aliphatic heterocycles. The van der Waals surface area contributed by atoms with E-state index in [1.807, 2.05) is 0 Å². The van der Waals surface area contributed by atoms with Gasteiger partial charge in [-0.15, -0.1) is 0 Å². The molecule has 0 radical (unpaired) electrons. The van der Waals surface area contributed by atoms with Gasteiger partial charge in [-0.1, -0.05) is 17.3 Å². The number of oxime groups is 1. The van der Waals surface area contributed by atoms with Crippen molar-refractivity contribution in [3.05, 3.63) is 64.7 Å². The SMILES string of the molecule is COc1cccc(-c2cc(F)ccc2[C@H]2Cc3nc(N)nc(C)c3/C(=N/OCC[C@H](O)C(N)=O)N2)n1. The number of primary amides is 1. The molecular weight excluding hydrogens is 469 g/mol. The first kappa shape index (κ1) is 24.8. The molecule has 1 aliphatic rings. The number of nitrogens with zero attached hydrogens (tertiary/aromatic N) is 4. The first-order chi connectivity index (χ1) is 17.3. The number of amides is 1. The third-order valence-corrected chi connectivity index (χ3v) is 5.69. The monoisotopic (exact) mass is 495 g/mol. The van der Waals surface area contributed by atoms with Crippen LogP contribution in [0.3, 0.4) is 0 Å². The second kappa shape index (κ2) is 10.5. The molecule has 0 spiro atoms. The lowest BCUT2D eigenvalue weighted by molar-refractivity contribution is -0.126. The largest absolute Gasteiger partial charge is 0.481 e. The van der Waals surface area contributed by atoms with Crippen LogP contribution < -0.4 is 21.5 Å². The van der Waals surface area contributed by atoms with E-state index in [9.17, 15) is 14.3 Å². The van der Waals surface area contributed by atoms with Gasteiger partial charge in [0, 0.05) is 24.5 Å². The van der Waals surface area contributed by atoms with Crippen LogP contribution >= 0.6 is 0 Å². The number of benzene rings is 1. The van der Waals surface area contributed by atoms with Gasteiger partial charge in [-0.2, -0.15) is 0 Å². The molecule has 6 N–H and O–H groups in total. The summed E-state index contributed by atoms with van der Waals surface area (Å²) in [6.07, 6.45) is -0.958. The number of aliphatic hydroxyl groups is 1. The molecule has 0 fully saturated rings. The summed E-state index contributed by atoms with van der Waals surface area (Å²) in [6.45, 7) is 1.72. The predicted octanol–water partition coefficient (Wildman–Crippen LogP) is 1.38. The molecule has 2 aromatic heterocycles. The Morgan fingerprint density at radius 1 is 1.31 bits per heavy atom. The zero-order valence-electron chi connectivity index (χ0n) is 19.7. The highest BCUT2D eigenvalue weighted by atomic mass is 19.1. The summed E-state index contributed by atoms with van der Waals surface area (Å²) < 4.78 is 19.6. The number of nitrogens with one attached hydrogen (secondary N) is 1. The standard InChI is InChI=1S/C24H26FN7O4/c1-12-21-18(31-24(27)28-12)11-17(30-23(21)32-36-9-8-19(33)22(26)34)14-7-6-13(25)10-15(14)16-4-3-5-20(29-16)35-2/h3-7,10,17,19,33H,8-9,11H2,1-2H3,(H2,26,34)(H,30,32)(H2,27,28,31)/t17-,19+/m1/s1. The number of aliphatic hydroxyl groups excluding tert-OH is 1. The summed E-state index contributed by atoms with van der Waals surface area (Å²) in [7, 11) is 1.51. The number of aryl methyl sites for hydroxylation is 1. The van der Waals surface area contributed by atoms with Gasteiger partial charge in [-0.3, -0.25) is 4.79 Å². The van der Waals surface area contributed by atoms with Crippen molar-refractivity contribution in [2.24, 2.45) is 10.9 Å². The Labute approximate surface area is 206 Å². The van der Waals surface area contributed by atoms with Gasteiger partial charge in [0.25, 0.3) is 0 Å². The molecule has 12 heteroatoms. The lowest BCUT2D eigenvalue weighted by atomic mass is 9.90. The molecule has 0 unspecified atom stereocenters. The average Bonchev–Trinajstić information content (AvgIpc) is 2.85. The number of rotatable bonds is 8. The maximum absolute atomic E-state index is 14.3. The molecule has 1 aromatic carbocycles. The molecule has 0 aliphatic carbocycles. The smallest absolute Gasteiger partial charge is 0.246 e. The zero-order valence-corrected chi connectivity index (χ0v) is 19.7. The lowest BCUT2D eigenvalue weighted by Gasteiger charge is -2.29. The number of nitrogen functional groups attached to an aromatic ring is 1. The van der Waals surface area contributed by atoms with E-state index in [0.717, 1.165) is 5.56 Å². The minimum absolute atomic E-state index is 0.0246. The molecule has 2 atom stereocenters. The number of carbonyl (C=O) groups excluding carboxylic acids is 1. The molecule has 4 rings (SSSR count). The van der Waals surface area contributed by atoms with Gasteiger partial charge >= 0.3 is 0 Å². The van der Waals surface area contributed by atoms with Gasteiger partial charge in [0.1, 0.15) is 18.5 Å². The molecular formula is C24H26FN7O4. The third kappa shape index (κ3) is 5.33. The van der Waals surface area contributed by atoms with Crippen LogP contribution in [0.4, 0.5) is 10.3 Å². The first-order valence-electron chi connectivity index (χ1n) is 11.1. The van der Waals surface area contributed by atoms with Gasteiger partial charge in [0.15, 0.2) is 5.84 Å².